The van der Waals surface area contributed by atoms with Crippen LogP contribution < -0.4 is 5.73 Å². The maximum atomic E-state index is 6.43. The van der Waals surface area contributed by atoms with Crippen molar-refractivity contribution in [3.8, 4) is 0 Å². The second kappa shape index (κ2) is 5.85. The quantitative estimate of drug-likeness (QED) is 0.892. The molecule has 18 heavy (non-hydrogen) atoms. The van der Waals surface area contributed by atoms with Gasteiger partial charge in [0, 0.05) is 24.3 Å². The first-order valence-corrected chi connectivity index (χ1v) is 7.13. The molecule has 0 bridgehead atoms. The summed E-state index contributed by atoms with van der Waals surface area (Å²) in [7, 11) is 2.01. The Morgan fingerprint density at radius 1 is 1.44 bits per heavy atom. The molecule has 0 aromatic carbocycles. The van der Waals surface area contributed by atoms with Crippen molar-refractivity contribution in [1.82, 2.24) is 14.7 Å². The molecule has 0 aliphatic carbocycles. The fourth-order valence-corrected chi connectivity index (χ4v) is 3.03. The molecular formula is C14H26N4. The molecule has 2 heterocycles. The lowest BCUT2D eigenvalue weighted by molar-refractivity contribution is 0.185. The topological polar surface area (TPSA) is 47.1 Å². The lowest BCUT2D eigenvalue weighted by Gasteiger charge is -2.33. The summed E-state index contributed by atoms with van der Waals surface area (Å²) < 4.78 is 1.96. The lowest BCUT2D eigenvalue weighted by Crippen LogP contribution is -2.40. The summed E-state index contributed by atoms with van der Waals surface area (Å²) in [5.41, 5.74) is 9.00. The predicted molar refractivity (Wildman–Crippen MR) is 74.4 cm³/mol. The monoisotopic (exact) mass is 250 g/mol. The normalized spacial score (nSPS) is 26.2. The fourth-order valence-electron chi connectivity index (χ4n) is 3.03. The summed E-state index contributed by atoms with van der Waals surface area (Å²) in [5, 5.41) is 4.39. The fraction of sp³-hybridized carbons (Fsp3) is 0.786. The van der Waals surface area contributed by atoms with Crippen molar-refractivity contribution in [2.45, 2.75) is 51.6 Å². The molecule has 1 saturated heterocycles. The Bertz CT molecular complexity index is 385. The van der Waals surface area contributed by atoms with Gasteiger partial charge in [-0.05, 0) is 39.3 Å². The first-order chi connectivity index (χ1) is 8.65. The number of rotatable bonds is 3. The zero-order chi connectivity index (χ0) is 13.1. The van der Waals surface area contributed by atoms with Crippen LogP contribution >= 0.6 is 0 Å². The minimum atomic E-state index is 0.238. The van der Waals surface area contributed by atoms with Crippen LogP contribution in [0.5, 0.6) is 0 Å². The number of aryl methyl sites for hydroxylation is 1. The van der Waals surface area contributed by atoms with Crippen molar-refractivity contribution in [3.63, 3.8) is 0 Å². The minimum Gasteiger partial charge on any atom is -0.326 e. The Kier molecular flexibility index (Phi) is 4.40. The van der Waals surface area contributed by atoms with Crippen LogP contribution in [-0.2, 0) is 7.05 Å². The molecule has 1 fully saturated rings. The van der Waals surface area contributed by atoms with Gasteiger partial charge in [-0.25, -0.2) is 0 Å². The van der Waals surface area contributed by atoms with Gasteiger partial charge in [-0.3, -0.25) is 9.58 Å². The Balaban J connectivity index is 2.31. The van der Waals surface area contributed by atoms with E-state index >= 15 is 0 Å². The molecule has 2 unspecified atom stereocenters. The van der Waals surface area contributed by atoms with Crippen molar-refractivity contribution in [2.24, 2.45) is 12.8 Å². The van der Waals surface area contributed by atoms with E-state index in [1.807, 2.05) is 17.9 Å². The Labute approximate surface area is 110 Å². The zero-order valence-electron chi connectivity index (χ0n) is 11.9. The van der Waals surface area contributed by atoms with Gasteiger partial charge < -0.3 is 5.73 Å². The largest absolute Gasteiger partial charge is 0.326 e. The van der Waals surface area contributed by atoms with Gasteiger partial charge >= 0.3 is 0 Å². The standard InChI is InChI=1S/C14H26N4/c1-4-8-18-9-6-5-7-13(15)14(18)12-10-16-17(3)11(12)2/h10,13-14H,4-9,15H2,1-3H3. The molecule has 102 valence electrons. The van der Waals surface area contributed by atoms with E-state index in [1.165, 1.54) is 37.1 Å². The average Bonchev–Trinajstić information content (AvgIpc) is 2.57. The Morgan fingerprint density at radius 3 is 2.83 bits per heavy atom. The van der Waals surface area contributed by atoms with Crippen LogP contribution in [0.2, 0.25) is 0 Å². The zero-order valence-corrected chi connectivity index (χ0v) is 11.9. The van der Waals surface area contributed by atoms with E-state index < -0.39 is 0 Å². The minimum absolute atomic E-state index is 0.238. The summed E-state index contributed by atoms with van der Waals surface area (Å²) in [6, 6.07) is 0.586. The summed E-state index contributed by atoms with van der Waals surface area (Å²) in [6.07, 6.45) is 6.83. The molecule has 1 aromatic heterocycles. The molecular weight excluding hydrogens is 224 g/mol. The number of nitrogens with zero attached hydrogens (tertiary/aromatic N) is 3. The van der Waals surface area contributed by atoms with Crippen molar-refractivity contribution >= 4 is 0 Å². The van der Waals surface area contributed by atoms with Gasteiger partial charge in [-0.1, -0.05) is 13.3 Å². The molecule has 4 heteroatoms. The molecule has 2 rings (SSSR count). The van der Waals surface area contributed by atoms with Crippen LogP contribution in [-0.4, -0.2) is 33.8 Å². The van der Waals surface area contributed by atoms with E-state index in [-0.39, 0.29) is 6.04 Å². The molecule has 0 radical (unpaired) electrons. The number of likely N-dealkylation sites (tertiary alicyclic amines) is 1. The van der Waals surface area contributed by atoms with E-state index in [2.05, 4.69) is 23.8 Å². The third kappa shape index (κ3) is 2.59. The van der Waals surface area contributed by atoms with Gasteiger partial charge in [-0.2, -0.15) is 5.10 Å². The number of hydrogen-bond donors (Lipinski definition) is 1. The maximum absolute atomic E-state index is 6.43. The molecule has 0 saturated carbocycles. The molecule has 1 aliphatic heterocycles. The summed E-state index contributed by atoms with van der Waals surface area (Å²) >= 11 is 0. The summed E-state index contributed by atoms with van der Waals surface area (Å²) in [5.74, 6) is 0. The Morgan fingerprint density at radius 2 is 2.22 bits per heavy atom. The molecule has 2 atom stereocenters. The van der Waals surface area contributed by atoms with Crippen molar-refractivity contribution < 1.29 is 0 Å². The van der Waals surface area contributed by atoms with Gasteiger partial charge in [0.25, 0.3) is 0 Å². The van der Waals surface area contributed by atoms with E-state index in [1.54, 1.807) is 0 Å². The summed E-state index contributed by atoms with van der Waals surface area (Å²) in [4.78, 5) is 2.56. The molecule has 4 nitrogen and oxygen atoms in total. The second-order valence-corrected chi connectivity index (χ2v) is 5.45. The van der Waals surface area contributed by atoms with E-state index in [9.17, 15) is 0 Å². The first kappa shape index (κ1) is 13.6. The molecule has 2 N–H and O–H groups in total. The third-order valence-electron chi connectivity index (χ3n) is 4.13. The predicted octanol–water partition coefficient (Wildman–Crippen LogP) is 1.99. The molecule has 0 amide bonds. The number of nitrogens with two attached hydrogens (primary N) is 1. The van der Waals surface area contributed by atoms with Crippen LogP contribution in [0, 0.1) is 6.92 Å². The smallest absolute Gasteiger partial charge is 0.0541 e. The number of hydrogen-bond acceptors (Lipinski definition) is 3. The van der Waals surface area contributed by atoms with Crippen LogP contribution in [0.1, 0.15) is 49.9 Å². The first-order valence-electron chi connectivity index (χ1n) is 7.13. The maximum Gasteiger partial charge on any atom is 0.0541 e. The van der Waals surface area contributed by atoms with Crippen molar-refractivity contribution in [3.05, 3.63) is 17.5 Å². The van der Waals surface area contributed by atoms with Gasteiger partial charge in [0.2, 0.25) is 0 Å². The summed E-state index contributed by atoms with van der Waals surface area (Å²) in [6.45, 7) is 6.68. The third-order valence-corrected chi connectivity index (χ3v) is 4.13. The molecule has 0 spiro atoms. The van der Waals surface area contributed by atoms with Crippen LogP contribution in [0.25, 0.3) is 0 Å². The molecule has 1 aromatic rings. The van der Waals surface area contributed by atoms with Gasteiger partial charge in [0.15, 0.2) is 0 Å². The highest BCUT2D eigenvalue weighted by Crippen LogP contribution is 2.31. The van der Waals surface area contributed by atoms with E-state index in [4.69, 9.17) is 5.73 Å². The van der Waals surface area contributed by atoms with E-state index in [0.717, 1.165) is 13.0 Å². The molecule has 1 aliphatic rings. The Hall–Kier alpha value is -0.870. The van der Waals surface area contributed by atoms with Gasteiger partial charge in [0.1, 0.15) is 0 Å². The van der Waals surface area contributed by atoms with Crippen molar-refractivity contribution in [1.29, 1.82) is 0 Å². The van der Waals surface area contributed by atoms with Crippen LogP contribution in [0.3, 0.4) is 0 Å². The van der Waals surface area contributed by atoms with Crippen LogP contribution in [0.4, 0.5) is 0 Å². The average molecular weight is 250 g/mol. The highest BCUT2D eigenvalue weighted by molar-refractivity contribution is 5.23. The van der Waals surface area contributed by atoms with Gasteiger partial charge in [-0.15, -0.1) is 0 Å². The van der Waals surface area contributed by atoms with Crippen LogP contribution in [0.15, 0.2) is 6.20 Å². The highest BCUT2D eigenvalue weighted by atomic mass is 15.3. The van der Waals surface area contributed by atoms with E-state index in [0.29, 0.717) is 6.04 Å². The van der Waals surface area contributed by atoms with Crippen molar-refractivity contribution in [2.75, 3.05) is 13.1 Å². The second-order valence-electron chi connectivity index (χ2n) is 5.45. The SMILES string of the molecule is CCCN1CCCCC(N)C1c1cnn(C)c1C. The highest BCUT2D eigenvalue weighted by Gasteiger charge is 2.30. The van der Waals surface area contributed by atoms with Gasteiger partial charge in [0.05, 0.1) is 12.2 Å². The number of aromatic nitrogens is 2. The lowest BCUT2D eigenvalue weighted by atomic mass is 9.97.